The Balaban J connectivity index is 1.69. The van der Waals surface area contributed by atoms with Crippen molar-refractivity contribution in [2.75, 3.05) is 18.6 Å². The van der Waals surface area contributed by atoms with Gasteiger partial charge in [0.05, 0.1) is 7.11 Å². The lowest BCUT2D eigenvalue weighted by Crippen LogP contribution is -2.36. The number of aryl methyl sites for hydroxylation is 1. The highest BCUT2D eigenvalue weighted by Gasteiger charge is 2.37. The van der Waals surface area contributed by atoms with Gasteiger partial charge < -0.3 is 14.2 Å². The fourth-order valence-electron chi connectivity index (χ4n) is 4.10. The molecule has 2 heterocycles. The maximum Gasteiger partial charge on any atom is 0.275 e. The second-order valence-corrected chi connectivity index (χ2v) is 7.55. The molecule has 0 unspecified atom stereocenters. The number of pyridine rings is 1. The molecule has 1 aromatic carbocycles. The van der Waals surface area contributed by atoms with Crippen LogP contribution in [0.15, 0.2) is 29.2 Å². The van der Waals surface area contributed by atoms with E-state index in [1.165, 1.54) is 12.0 Å². The van der Waals surface area contributed by atoms with Crippen LogP contribution in [-0.4, -0.2) is 24.1 Å². The number of halogens is 2. The topological polar surface area (TPSA) is 51.5 Å². The van der Waals surface area contributed by atoms with Crippen molar-refractivity contribution < 1.29 is 18.3 Å². The quantitative estimate of drug-likeness (QED) is 0.803. The zero-order valence-electron chi connectivity index (χ0n) is 15.9. The molecular weight excluding hydrogens is 366 g/mol. The van der Waals surface area contributed by atoms with Crippen LogP contribution in [0.3, 0.4) is 0 Å². The molecule has 0 bridgehead atoms. The molecule has 148 valence electrons. The number of carbonyl (C=O) groups excluding carboxylic acids is 1. The van der Waals surface area contributed by atoms with Crippen molar-refractivity contribution in [1.82, 2.24) is 4.57 Å². The van der Waals surface area contributed by atoms with Crippen molar-refractivity contribution in [3.8, 4) is 5.75 Å². The average Bonchev–Trinajstić information content (AvgIpc) is 2.96. The first-order chi connectivity index (χ1) is 13.4. The standard InChI is InChI=1S/C21H22F2N2O3/c1-12-6-7-24(14-4-3-5-14)21(27)20(12)25-11-13(8-18(25)26)19-16(22)9-15(28-2)10-17(19)23/h6-7,9-10,13-14H,3-5,8,11H2,1-2H3/t13-/m0/s1. The van der Waals surface area contributed by atoms with Crippen LogP contribution in [-0.2, 0) is 4.79 Å². The summed E-state index contributed by atoms with van der Waals surface area (Å²) in [4.78, 5) is 27.1. The van der Waals surface area contributed by atoms with E-state index in [1.807, 2.05) is 6.07 Å². The van der Waals surface area contributed by atoms with Crippen LogP contribution in [0.25, 0.3) is 0 Å². The van der Waals surface area contributed by atoms with E-state index in [0.717, 1.165) is 31.4 Å². The zero-order valence-corrected chi connectivity index (χ0v) is 15.9. The largest absolute Gasteiger partial charge is 0.497 e. The van der Waals surface area contributed by atoms with Crippen molar-refractivity contribution in [3.05, 3.63) is 57.5 Å². The Morgan fingerprint density at radius 2 is 1.82 bits per heavy atom. The van der Waals surface area contributed by atoms with Crippen molar-refractivity contribution >= 4 is 11.6 Å². The van der Waals surface area contributed by atoms with Crippen molar-refractivity contribution in [1.29, 1.82) is 0 Å². The predicted octanol–water partition coefficient (Wildman–Crippen LogP) is 3.69. The molecule has 28 heavy (non-hydrogen) atoms. The first-order valence-electron chi connectivity index (χ1n) is 9.45. The molecule has 7 heteroatoms. The van der Waals surface area contributed by atoms with Gasteiger partial charge in [0.25, 0.3) is 5.56 Å². The molecule has 4 rings (SSSR count). The summed E-state index contributed by atoms with van der Waals surface area (Å²) < 4.78 is 35.5. The normalized spacial score (nSPS) is 19.8. The molecule has 2 aliphatic rings. The summed E-state index contributed by atoms with van der Waals surface area (Å²) in [6.45, 7) is 1.85. The highest BCUT2D eigenvalue weighted by Crippen LogP contribution is 2.36. The summed E-state index contributed by atoms with van der Waals surface area (Å²) in [7, 11) is 1.33. The van der Waals surface area contributed by atoms with E-state index in [9.17, 15) is 18.4 Å². The smallest absolute Gasteiger partial charge is 0.275 e. The number of anilines is 1. The zero-order chi connectivity index (χ0) is 20.0. The van der Waals surface area contributed by atoms with Gasteiger partial charge in [-0.05, 0) is 37.8 Å². The number of methoxy groups -OCH3 is 1. The lowest BCUT2D eigenvalue weighted by Gasteiger charge is -2.29. The lowest BCUT2D eigenvalue weighted by molar-refractivity contribution is -0.117. The van der Waals surface area contributed by atoms with Gasteiger partial charge in [-0.2, -0.15) is 0 Å². The summed E-state index contributed by atoms with van der Waals surface area (Å²) in [5, 5.41) is 0. The molecular formula is C21H22F2N2O3. The molecule has 1 saturated heterocycles. The van der Waals surface area contributed by atoms with Crippen LogP contribution in [0.4, 0.5) is 14.5 Å². The third-order valence-electron chi connectivity index (χ3n) is 5.86. The van der Waals surface area contributed by atoms with E-state index >= 15 is 0 Å². The molecule has 1 aliphatic heterocycles. The van der Waals surface area contributed by atoms with Gasteiger partial charge in [-0.15, -0.1) is 0 Å². The van der Waals surface area contributed by atoms with Gasteiger partial charge in [-0.3, -0.25) is 9.59 Å². The number of hydrogen-bond acceptors (Lipinski definition) is 3. The molecule has 1 saturated carbocycles. The minimum atomic E-state index is -0.742. The summed E-state index contributed by atoms with van der Waals surface area (Å²) in [5.41, 5.74) is 0.653. The van der Waals surface area contributed by atoms with E-state index in [1.54, 1.807) is 17.7 Å². The van der Waals surface area contributed by atoms with Crippen molar-refractivity contribution in [3.63, 3.8) is 0 Å². The fourth-order valence-corrected chi connectivity index (χ4v) is 4.10. The Morgan fingerprint density at radius 1 is 1.14 bits per heavy atom. The van der Waals surface area contributed by atoms with Crippen molar-refractivity contribution in [2.45, 2.75) is 44.6 Å². The molecule has 1 aromatic heterocycles. The molecule has 0 radical (unpaired) electrons. The Hall–Kier alpha value is -2.70. The van der Waals surface area contributed by atoms with E-state index < -0.39 is 17.6 Å². The Bertz CT molecular complexity index is 975. The van der Waals surface area contributed by atoms with Gasteiger partial charge in [0.1, 0.15) is 23.1 Å². The van der Waals surface area contributed by atoms with E-state index in [-0.39, 0.29) is 41.8 Å². The number of aromatic nitrogens is 1. The molecule has 0 spiro atoms. The minimum Gasteiger partial charge on any atom is -0.497 e. The first-order valence-corrected chi connectivity index (χ1v) is 9.45. The van der Waals surface area contributed by atoms with Gasteiger partial charge in [0.2, 0.25) is 5.91 Å². The summed E-state index contributed by atoms with van der Waals surface area (Å²) in [5.74, 6) is -2.36. The maximum atomic E-state index is 14.5. The maximum absolute atomic E-state index is 14.5. The second-order valence-electron chi connectivity index (χ2n) is 7.55. The Morgan fingerprint density at radius 3 is 2.39 bits per heavy atom. The number of nitrogens with zero attached hydrogens (tertiary/aromatic N) is 2. The highest BCUT2D eigenvalue weighted by atomic mass is 19.1. The van der Waals surface area contributed by atoms with Crippen molar-refractivity contribution in [2.24, 2.45) is 0 Å². The molecule has 5 nitrogen and oxygen atoms in total. The fraction of sp³-hybridized carbons (Fsp3) is 0.429. The van der Waals surface area contributed by atoms with Gasteiger partial charge in [0.15, 0.2) is 0 Å². The van der Waals surface area contributed by atoms with Crippen LogP contribution in [0, 0.1) is 18.6 Å². The summed E-state index contributed by atoms with van der Waals surface area (Å²) in [6, 6.07) is 4.22. The third kappa shape index (κ3) is 2.99. The Labute approximate surface area is 161 Å². The monoisotopic (exact) mass is 388 g/mol. The Kier molecular flexibility index (Phi) is 4.69. The molecule has 1 aliphatic carbocycles. The summed E-state index contributed by atoms with van der Waals surface area (Å²) in [6.07, 6.45) is 4.70. The first kappa shape index (κ1) is 18.7. The van der Waals surface area contributed by atoms with Crippen LogP contribution < -0.4 is 15.2 Å². The van der Waals surface area contributed by atoms with Crippen LogP contribution in [0.5, 0.6) is 5.75 Å². The van der Waals surface area contributed by atoms with Crippen LogP contribution in [0.2, 0.25) is 0 Å². The molecule has 1 amide bonds. The van der Waals surface area contributed by atoms with Gasteiger partial charge >= 0.3 is 0 Å². The predicted molar refractivity (Wildman–Crippen MR) is 101 cm³/mol. The van der Waals surface area contributed by atoms with Gasteiger partial charge in [0, 0.05) is 48.8 Å². The lowest BCUT2D eigenvalue weighted by atomic mass is 9.92. The third-order valence-corrected chi connectivity index (χ3v) is 5.86. The van der Waals surface area contributed by atoms with Gasteiger partial charge in [-0.1, -0.05) is 0 Å². The number of amides is 1. The molecule has 2 fully saturated rings. The van der Waals surface area contributed by atoms with E-state index in [2.05, 4.69) is 0 Å². The number of benzene rings is 1. The highest BCUT2D eigenvalue weighted by molar-refractivity contribution is 5.97. The van der Waals surface area contributed by atoms with Gasteiger partial charge in [-0.25, -0.2) is 8.78 Å². The number of carbonyl (C=O) groups is 1. The van der Waals surface area contributed by atoms with E-state index in [4.69, 9.17) is 4.74 Å². The molecule has 0 N–H and O–H groups in total. The molecule has 1 atom stereocenters. The average molecular weight is 388 g/mol. The minimum absolute atomic E-state index is 0.0443. The number of rotatable bonds is 4. The number of hydrogen-bond donors (Lipinski definition) is 0. The number of ether oxygens (including phenoxy) is 1. The summed E-state index contributed by atoms with van der Waals surface area (Å²) >= 11 is 0. The van der Waals surface area contributed by atoms with Crippen LogP contribution in [0.1, 0.15) is 48.8 Å². The SMILES string of the molecule is COc1cc(F)c([C@H]2CC(=O)N(c3c(C)ccn(C4CCC4)c3=O)C2)c(F)c1. The second kappa shape index (κ2) is 7.04. The molecule has 2 aromatic rings. The van der Waals surface area contributed by atoms with Crippen LogP contribution >= 0.6 is 0 Å². The van der Waals surface area contributed by atoms with E-state index in [0.29, 0.717) is 11.3 Å².